The molecule has 2 fully saturated rings. The summed E-state index contributed by atoms with van der Waals surface area (Å²) in [5.41, 5.74) is 12.8. The SMILES string of the molecule is COC1C(O)[C@H](n2cnc3c(N)ncnc32)O[C@@H]1COP(=O)(O)COC1C(O)[C@@H](CO)O[C@H]1n1cnc2c(N)ncnc21. The molecule has 0 spiro atoms. The first-order chi connectivity index (χ1) is 20.6. The van der Waals surface area contributed by atoms with Gasteiger partial charge in [-0.25, -0.2) is 29.9 Å². The molecule has 6 heterocycles. The van der Waals surface area contributed by atoms with Crippen LogP contribution in [0.2, 0.25) is 0 Å². The second-order valence-corrected chi connectivity index (χ2v) is 11.6. The second-order valence-electron chi connectivity index (χ2n) is 9.85. The average molecular weight is 625 g/mol. The van der Waals surface area contributed by atoms with E-state index in [1.165, 1.54) is 41.6 Å². The van der Waals surface area contributed by atoms with E-state index >= 15 is 0 Å². The van der Waals surface area contributed by atoms with Crippen LogP contribution < -0.4 is 11.5 Å². The summed E-state index contributed by atoms with van der Waals surface area (Å²) in [5.74, 6) is 0.255. The van der Waals surface area contributed by atoms with Crippen molar-refractivity contribution in [3.05, 3.63) is 25.3 Å². The van der Waals surface area contributed by atoms with Crippen LogP contribution in [0.4, 0.5) is 11.6 Å². The largest absolute Gasteiger partial charge is 0.394 e. The van der Waals surface area contributed by atoms with E-state index < -0.39 is 76.2 Å². The van der Waals surface area contributed by atoms with Gasteiger partial charge in [0.05, 0.1) is 25.9 Å². The zero-order chi connectivity index (χ0) is 30.5. The van der Waals surface area contributed by atoms with E-state index in [9.17, 15) is 24.8 Å². The fraction of sp³-hybridized carbons (Fsp3) is 0.545. The van der Waals surface area contributed by atoms with Gasteiger partial charge in [0, 0.05) is 7.11 Å². The van der Waals surface area contributed by atoms with Crippen molar-refractivity contribution in [3.8, 4) is 0 Å². The smallest absolute Gasteiger partial charge is 0.353 e. The van der Waals surface area contributed by atoms with Gasteiger partial charge in [0.1, 0.15) is 66.7 Å². The van der Waals surface area contributed by atoms with Crippen molar-refractivity contribution >= 4 is 41.6 Å². The second kappa shape index (κ2) is 11.6. The van der Waals surface area contributed by atoms with E-state index in [0.717, 1.165) is 0 Å². The molecule has 0 bridgehead atoms. The Hall–Kier alpha value is -3.43. The van der Waals surface area contributed by atoms with Crippen LogP contribution in [0.5, 0.6) is 0 Å². The predicted octanol–water partition coefficient (Wildman–Crippen LogP) is -2.10. The number of nitrogen functional groups attached to an aromatic ring is 2. The molecule has 8 N–H and O–H groups in total. The molecule has 2 aliphatic heterocycles. The number of aliphatic hydroxyl groups excluding tert-OH is 3. The molecular formula is C22H29N10O10P. The van der Waals surface area contributed by atoms with Crippen LogP contribution in [-0.4, -0.2) is 123 Å². The fourth-order valence-corrected chi connectivity index (χ4v) is 5.98. The molecule has 6 rings (SSSR count). The summed E-state index contributed by atoms with van der Waals surface area (Å²) < 4.78 is 43.9. The van der Waals surface area contributed by atoms with Gasteiger partial charge in [-0.3, -0.25) is 13.7 Å². The van der Waals surface area contributed by atoms with Crippen LogP contribution >= 0.6 is 7.60 Å². The van der Waals surface area contributed by atoms with Gasteiger partial charge < -0.3 is 55.2 Å². The van der Waals surface area contributed by atoms with Crippen molar-refractivity contribution in [2.45, 2.75) is 49.1 Å². The lowest BCUT2D eigenvalue weighted by Crippen LogP contribution is -2.36. The summed E-state index contributed by atoms with van der Waals surface area (Å²) in [6.45, 7) is -1.03. The molecule has 20 nitrogen and oxygen atoms in total. The van der Waals surface area contributed by atoms with Gasteiger partial charge in [0.25, 0.3) is 0 Å². The number of nitrogens with zero attached hydrogens (tertiary/aromatic N) is 8. The lowest BCUT2D eigenvalue weighted by Gasteiger charge is -2.24. The van der Waals surface area contributed by atoms with Crippen molar-refractivity contribution in [1.82, 2.24) is 39.0 Å². The summed E-state index contributed by atoms with van der Waals surface area (Å²) in [4.78, 5) is 35.0. The third-order valence-electron chi connectivity index (χ3n) is 7.27. The zero-order valence-electron chi connectivity index (χ0n) is 22.5. The molecule has 43 heavy (non-hydrogen) atoms. The maximum absolute atomic E-state index is 13.0. The number of imidazole rings is 2. The molecule has 2 saturated heterocycles. The summed E-state index contributed by atoms with van der Waals surface area (Å²) in [6, 6.07) is 0. The molecule has 0 radical (unpaired) electrons. The first kappa shape index (κ1) is 29.6. The Kier molecular flexibility index (Phi) is 7.98. The number of anilines is 2. The van der Waals surface area contributed by atoms with E-state index in [1.54, 1.807) is 0 Å². The number of nitrogens with two attached hydrogens (primary N) is 2. The zero-order valence-corrected chi connectivity index (χ0v) is 23.4. The number of methoxy groups -OCH3 is 1. The first-order valence-corrected chi connectivity index (χ1v) is 14.6. The van der Waals surface area contributed by atoms with Crippen molar-refractivity contribution in [2.24, 2.45) is 0 Å². The molecule has 0 saturated carbocycles. The van der Waals surface area contributed by atoms with Crippen molar-refractivity contribution in [3.63, 3.8) is 0 Å². The van der Waals surface area contributed by atoms with E-state index in [4.69, 9.17) is 34.9 Å². The van der Waals surface area contributed by atoms with Gasteiger partial charge in [-0.15, -0.1) is 0 Å². The van der Waals surface area contributed by atoms with Crippen LogP contribution in [-0.2, 0) is 28.0 Å². The van der Waals surface area contributed by atoms with Gasteiger partial charge in [-0.2, -0.15) is 0 Å². The lowest BCUT2D eigenvalue weighted by molar-refractivity contribution is -0.0668. The minimum Gasteiger partial charge on any atom is -0.394 e. The van der Waals surface area contributed by atoms with Crippen LogP contribution in [0.15, 0.2) is 25.3 Å². The highest BCUT2D eigenvalue weighted by atomic mass is 31.2. The number of ether oxygens (including phenoxy) is 4. The highest BCUT2D eigenvalue weighted by molar-refractivity contribution is 7.52. The van der Waals surface area contributed by atoms with Crippen molar-refractivity contribution in [2.75, 3.05) is 38.1 Å². The van der Waals surface area contributed by atoms with E-state index in [-0.39, 0.29) is 22.8 Å². The maximum atomic E-state index is 13.0. The summed E-state index contributed by atoms with van der Waals surface area (Å²) in [5, 5.41) is 31.4. The summed E-state index contributed by atoms with van der Waals surface area (Å²) in [7, 11) is -3.14. The molecule has 4 aromatic rings. The van der Waals surface area contributed by atoms with Crippen LogP contribution in [0.1, 0.15) is 12.5 Å². The molecule has 2 aliphatic rings. The molecule has 0 aliphatic carbocycles. The topological polar surface area (TPSA) is 283 Å². The molecule has 21 heteroatoms. The molecule has 0 amide bonds. The highest BCUT2D eigenvalue weighted by Crippen LogP contribution is 2.45. The Morgan fingerprint density at radius 1 is 0.884 bits per heavy atom. The standard InChI is InChI=1S/C22H29N10O10P/c1-38-15-10(42-21(14(15)35)31-6-29-11-17(23)25-4-27-19(11)31)3-40-43(36,37)8-39-16-13(34)9(2-33)41-22(16)32-7-30-12-18(24)26-5-28-20(12)32/h4-7,9-10,13-16,21-22,33-35H,2-3,8H2,1H3,(H,36,37)(H2,23,25,27)(H2,24,26,28)/t9-,10-,13?,14?,15?,16?,21-,22-/m1/s1. The molecule has 9 atom stereocenters. The van der Waals surface area contributed by atoms with E-state index in [0.29, 0.717) is 11.2 Å². The quantitative estimate of drug-likeness (QED) is 0.103. The van der Waals surface area contributed by atoms with Gasteiger partial charge in [-0.1, -0.05) is 0 Å². The number of rotatable bonds is 10. The Labute approximate surface area is 241 Å². The van der Waals surface area contributed by atoms with Crippen molar-refractivity contribution in [1.29, 1.82) is 0 Å². The van der Waals surface area contributed by atoms with E-state index in [1.807, 2.05) is 0 Å². The van der Waals surface area contributed by atoms with Gasteiger partial charge >= 0.3 is 7.60 Å². The lowest BCUT2D eigenvalue weighted by atomic mass is 10.1. The molecular weight excluding hydrogens is 595 g/mol. The molecule has 4 aromatic heterocycles. The van der Waals surface area contributed by atoms with Crippen LogP contribution in [0, 0.1) is 0 Å². The monoisotopic (exact) mass is 624 g/mol. The Morgan fingerprint density at radius 3 is 2.05 bits per heavy atom. The minimum absolute atomic E-state index is 0.112. The minimum atomic E-state index is -4.49. The number of aromatic nitrogens is 8. The number of fused-ring (bicyclic) bond motifs is 2. The molecule has 232 valence electrons. The third-order valence-corrected chi connectivity index (χ3v) is 8.30. The number of aliphatic hydroxyl groups is 3. The Bertz CT molecular complexity index is 1660. The molecule has 5 unspecified atom stereocenters. The highest BCUT2D eigenvalue weighted by Gasteiger charge is 2.48. The maximum Gasteiger partial charge on any atom is 0.353 e. The molecule has 0 aromatic carbocycles. The van der Waals surface area contributed by atoms with Gasteiger partial charge in [0.2, 0.25) is 0 Å². The normalized spacial score (nSPS) is 30.8. The average Bonchev–Trinajstić information content (AvgIpc) is 3.75. The summed E-state index contributed by atoms with van der Waals surface area (Å²) >= 11 is 0. The van der Waals surface area contributed by atoms with Crippen LogP contribution in [0.25, 0.3) is 22.3 Å². The first-order valence-electron chi connectivity index (χ1n) is 12.9. The van der Waals surface area contributed by atoms with E-state index in [2.05, 4.69) is 29.9 Å². The summed E-state index contributed by atoms with van der Waals surface area (Å²) in [6.07, 6.45) is -4.69. The fourth-order valence-electron chi connectivity index (χ4n) is 5.17. The number of hydrogen-bond donors (Lipinski definition) is 6. The number of hydrogen-bond acceptors (Lipinski definition) is 17. The Morgan fingerprint density at radius 2 is 1.47 bits per heavy atom. The Balaban J connectivity index is 1.14. The third kappa shape index (κ3) is 5.31. The predicted molar refractivity (Wildman–Crippen MR) is 143 cm³/mol. The van der Waals surface area contributed by atoms with Crippen molar-refractivity contribution < 1.29 is 48.2 Å². The van der Waals surface area contributed by atoms with Gasteiger partial charge in [-0.05, 0) is 0 Å². The van der Waals surface area contributed by atoms with Crippen LogP contribution in [0.3, 0.4) is 0 Å². The van der Waals surface area contributed by atoms with Gasteiger partial charge in [0.15, 0.2) is 35.4 Å².